The summed E-state index contributed by atoms with van der Waals surface area (Å²) in [7, 11) is 0. The molecule has 1 aromatic rings. The van der Waals surface area contributed by atoms with Crippen molar-refractivity contribution in [2.75, 3.05) is 26.2 Å². The standard InChI is InChI=1S/C12H14BrF3N2O/c13-10-2-1-8(19)7-9(10)11(12(14,15)16)18-5-3-17-4-6-18/h1-2,7,11,17,19H,3-6H2/t11-/m1/s1. The van der Waals surface area contributed by atoms with Gasteiger partial charge >= 0.3 is 6.18 Å². The maximum atomic E-state index is 13.3. The average molecular weight is 339 g/mol. The lowest BCUT2D eigenvalue weighted by atomic mass is 10.0. The molecule has 1 aromatic carbocycles. The van der Waals surface area contributed by atoms with Crippen molar-refractivity contribution < 1.29 is 18.3 Å². The molecule has 0 spiro atoms. The predicted molar refractivity (Wildman–Crippen MR) is 69.0 cm³/mol. The van der Waals surface area contributed by atoms with Gasteiger partial charge < -0.3 is 10.4 Å². The van der Waals surface area contributed by atoms with E-state index in [0.717, 1.165) is 0 Å². The van der Waals surface area contributed by atoms with Crippen LogP contribution in [0.3, 0.4) is 0 Å². The molecule has 1 saturated heterocycles. The summed E-state index contributed by atoms with van der Waals surface area (Å²) >= 11 is 3.14. The molecule has 1 aliphatic heterocycles. The van der Waals surface area contributed by atoms with Crippen LogP contribution in [0.25, 0.3) is 0 Å². The van der Waals surface area contributed by atoms with Crippen LogP contribution in [-0.4, -0.2) is 42.4 Å². The zero-order chi connectivity index (χ0) is 14.0. The first-order valence-electron chi connectivity index (χ1n) is 5.89. The van der Waals surface area contributed by atoms with E-state index in [0.29, 0.717) is 30.7 Å². The van der Waals surface area contributed by atoms with E-state index in [-0.39, 0.29) is 11.3 Å². The summed E-state index contributed by atoms with van der Waals surface area (Å²) in [6.07, 6.45) is -4.38. The number of aromatic hydroxyl groups is 1. The van der Waals surface area contributed by atoms with Crippen LogP contribution in [0.5, 0.6) is 5.75 Å². The first kappa shape index (κ1) is 14.6. The predicted octanol–water partition coefficient (Wildman–Crippen LogP) is 2.66. The molecule has 1 aliphatic rings. The zero-order valence-corrected chi connectivity index (χ0v) is 11.6. The molecule has 7 heteroatoms. The first-order valence-corrected chi connectivity index (χ1v) is 6.69. The SMILES string of the molecule is Oc1ccc(Br)c([C@@H](N2CCNCC2)C(F)(F)F)c1. The smallest absolute Gasteiger partial charge is 0.408 e. The van der Waals surface area contributed by atoms with Gasteiger partial charge in [0.25, 0.3) is 0 Å². The third-order valence-electron chi connectivity index (χ3n) is 3.10. The molecule has 0 unspecified atom stereocenters. The highest BCUT2D eigenvalue weighted by Crippen LogP contribution is 2.41. The number of hydrogen-bond acceptors (Lipinski definition) is 3. The number of phenols is 1. The number of phenolic OH excluding ortho intramolecular Hbond substituents is 1. The van der Waals surface area contributed by atoms with Gasteiger partial charge in [-0.15, -0.1) is 0 Å². The van der Waals surface area contributed by atoms with Crippen molar-refractivity contribution in [2.24, 2.45) is 0 Å². The monoisotopic (exact) mass is 338 g/mol. The molecule has 2 rings (SSSR count). The molecular weight excluding hydrogens is 325 g/mol. The summed E-state index contributed by atoms with van der Waals surface area (Å²) in [6.45, 7) is 1.71. The van der Waals surface area contributed by atoms with E-state index in [2.05, 4.69) is 21.2 Å². The van der Waals surface area contributed by atoms with Gasteiger partial charge in [-0.1, -0.05) is 15.9 Å². The third kappa shape index (κ3) is 3.40. The third-order valence-corrected chi connectivity index (χ3v) is 3.82. The van der Waals surface area contributed by atoms with Crippen molar-refractivity contribution in [2.45, 2.75) is 12.2 Å². The minimum absolute atomic E-state index is 0.0504. The first-order chi connectivity index (χ1) is 8.89. The van der Waals surface area contributed by atoms with Crippen LogP contribution >= 0.6 is 15.9 Å². The molecule has 3 nitrogen and oxygen atoms in total. The Bertz CT molecular complexity index is 447. The van der Waals surface area contributed by atoms with E-state index in [1.807, 2.05) is 0 Å². The quantitative estimate of drug-likeness (QED) is 0.870. The van der Waals surface area contributed by atoms with E-state index < -0.39 is 12.2 Å². The summed E-state index contributed by atoms with van der Waals surface area (Å²) in [6, 6.07) is 2.27. The Balaban J connectivity index is 2.39. The zero-order valence-electron chi connectivity index (χ0n) is 10.0. The number of benzene rings is 1. The fourth-order valence-corrected chi connectivity index (χ4v) is 2.72. The van der Waals surface area contributed by atoms with Gasteiger partial charge in [-0.05, 0) is 23.8 Å². The summed E-state index contributed by atoms with van der Waals surface area (Å²) in [5, 5.41) is 12.5. The Morgan fingerprint density at radius 2 is 1.89 bits per heavy atom. The van der Waals surface area contributed by atoms with Crippen LogP contribution in [0.2, 0.25) is 0 Å². The van der Waals surface area contributed by atoms with E-state index in [9.17, 15) is 18.3 Å². The van der Waals surface area contributed by atoms with Gasteiger partial charge in [0, 0.05) is 30.7 Å². The maximum absolute atomic E-state index is 13.3. The molecule has 2 N–H and O–H groups in total. The molecule has 0 bridgehead atoms. The number of hydrogen-bond donors (Lipinski definition) is 2. The molecule has 1 atom stereocenters. The number of piperazine rings is 1. The lowest BCUT2D eigenvalue weighted by molar-refractivity contribution is -0.188. The largest absolute Gasteiger partial charge is 0.508 e. The number of nitrogens with zero attached hydrogens (tertiary/aromatic N) is 1. The normalized spacial score (nSPS) is 19.4. The van der Waals surface area contributed by atoms with E-state index >= 15 is 0 Å². The molecule has 0 radical (unpaired) electrons. The van der Waals surface area contributed by atoms with Crippen LogP contribution in [0, 0.1) is 0 Å². The average Bonchev–Trinajstić information content (AvgIpc) is 2.33. The summed E-state index contributed by atoms with van der Waals surface area (Å²) in [5.41, 5.74) is 0.0504. The van der Waals surface area contributed by atoms with Gasteiger partial charge in [0.2, 0.25) is 0 Å². The molecule has 0 amide bonds. The van der Waals surface area contributed by atoms with Crippen LogP contribution in [0.15, 0.2) is 22.7 Å². The second-order valence-corrected chi connectivity index (χ2v) is 5.29. The van der Waals surface area contributed by atoms with Crippen LogP contribution in [0.4, 0.5) is 13.2 Å². The van der Waals surface area contributed by atoms with Gasteiger partial charge in [0.1, 0.15) is 11.8 Å². The number of halogens is 4. The summed E-state index contributed by atoms with van der Waals surface area (Å²) in [5.74, 6) is -0.164. The second kappa shape index (κ2) is 5.68. The lowest BCUT2D eigenvalue weighted by Gasteiger charge is -2.36. The molecule has 0 saturated carbocycles. The van der Waals surface area contributed by atoms with Gasteiger partial charge in [-0.25, -0.2) is 0 Å². The molecule has 0 aliphatic carbocycles. The second-order valence-electron chi connectivity index (χ2n) is 4.44. The number of rotatable bonds is 2. The van der Waals surface area contributed by atoms with Gasteiger partial charge in [0.15, 0.2) is 0 Å². The molecule has 1 heterocycles. The maximum Gasteiger partial charge on any atom is 0.408 e. The highest BCUT2D eigenvalue weighted by molar-refractivity contribution is 9.10. The van der Waals surface area contributed by atoms with Crippen molar-refractivity contribution >= 4 is 15.9 Å². The van der Waals surface area contributed by atoms with Gasteiger partial charge in [-0.3, -0.25) is 4.90 Å². The van der Waals surface area contributed by atoms with E-state index in [4.69, 9.17) is 0 Å². The number of alkyl halides is 3. The van der Waals surface area contributed by atoms with Crippen LogP contribution in [0.1, 0.15) is 11.6 Å². The molecule has 106 valence electrons. The Labute approximate surface area is 117 Å². The van der Waals surface area contributed by atoms with Crippen LogP contribution in [-0.2, 0) is 0 Å². The van der Waals surface area contributed by atoms with Gasteiger partial charge in [0.05, 0.1) is 0 Å². The van der Waals surface area contributed by atoms with Crippen molar-refractivity contribution in [1.82, 2.24) is 10.2 Å². The lowest BCUT2D eigenvalue weighted by Crippen LogP contribution is -2.49. The Kier molecular flexibility index (Phi) is 4.37. The summed E-state index contributed by atoms with van der Waals surface area (Å²) < 4.78 is 40.4. The van der Waals surface area contributed by atoms with E-state index in [1.54, 1.807) is 0 Å². The fourth-order valence-electron chi connectivity index (χ4n) is 2.26. The highest BCUT2D eigenvalue weighted by atomic mass is 79.9. The Morgan fingerprint density at radius 1 is 1.26 bits per heavy atom. The Morgan fingerprint density at radius 3 is 2.47 bits per heavy atom. The van der Waals surface area contributed by atoms with E-state index in [1.165, 1.54) is 23.1 Å². The highest BCUT2D eigenvalue weighted by Gasteiger charge is 2.45. The minimum Gasteiger partial charge on any atom is -0.508 e. The minimum atomic E-state index is -4.38. The topological polar surface area (TPSA) is 35.5 Å². The molecule has 0 aromatic heterocycles. The van der Waals surface area contributed by atoms with Crippen molar-refractivity contribution in [3.8, 4) is 5.75 Å². The summed E-state index contributed by atoms with van der Waals surface area (Å²) in [4.78, 5) is 1.38. The molecule has 1 fully saturated rings. The molecule has 19 heavy (non-hydrogen) atoms. The Hall–Kier alpha value is -0.790. The van der Waals surface area contributed by atoms with Crippen molar-refractivity contribution in [1.29, 1.82) is 0 Å². The van der Waals surface area contributed by atoms with Crippen molar-refractivity contribution in [3.63, 3.8) is 0 Å². The van der Waals surface area contributed by atoms with Crippen molar-refractivity contribution in [3.05, 3.63) is 28.2 Å². The molecular formula is C12H14BrF3N2O. The number of nitrogens with one attached hydrogen (secondary N) is 1. The van der Waals surface area contributed by atoms with Gasteiger partial charge in [-0.2, -0.15) is 13.2 Å². The fraction of sp³-hybridized carbons (Fsp3) is 0.500. The van der Waals surface area contributed by atoms with Crippen LogP contribution < -0.4 is 5.32 Å².